The highest BCUT2D eigenvalue weighted by Gasteiger charge is 2.24. The molecule has 0 aliphatic heterocycles. The van der Waals surface area contributed by atoms with Crippen LogP contribution in [0.2, 0.25) is 0 Å². The predicted octanol–water partition coefficient (Wildman–Crippen LogP) is 1.96. The van der Waals surface area contributed by atoms with Gasteiger partial charge in [0.25, 0.3) is 0 Å². The highest BCUT2D eigenvalue weighted by atomic mass is 16.6. The molecule has 0 heterocycles. The van der Waals surface area contributed by atoms with Crippen LogP contribution in [0.4, 0.5) is 4.79 Å². The first-order valence-corrected chi connectivity index (χ1v) is 5.38. The third-order valence-corrected chi connectivity index (χ3v) is 1.95. The van der Waals surface area contributed by atoms with Crippen LogP contribution in [0.25, 0.3) is 0 Å². The fraction of sp³-hybridized carbons (Fsp3) is 0.818. The van der Waals surface area contributed by atoms with E-state index >= 15 is 0 Å². The fourth-order valence-corrected chi connectivity index (χ4v) is 1.07. The van der Waals surface area contributed by atoms with Crippen LogP contribution in [0, 0.1) is 5.92 Å². The number of ether oxygens (including phenoxy) is 1. The van der Waals surface area contributed by atoms with Gasteiger partial charge in [0.05, 0.1) is 5.92 Å². The molecule has 0 fully saturated rings. The molecule has 5 nitrogen and oxygen atoms in total. The minimum absolute atomic E-state index is 0.167. The average molecular weight is 231 g/mol. The zero-order valence-corrected chi connectivity index (χ0v) is 10.6. The molecule has 0 aromatic heterocycles. The van der Waals surface area contributed by atoms with Gasteiger partial charge in [-0.15, -0.1) is 0 Å². The highest BCUT2D eigenvalue weighted by Crippen LogP contribution is 2.11. The van der Waals surface area contributed by atoms with Crippen molar-refractivity contribution in [2.75, 3.05) is 13.1 Å². The normalized spacial score (nSPS) is 13.1. The Hall–Kier alpha value is -1.26. The number of carbonyl (C=O) groups excluding carboxylic acids is 1. The van der Waals surface area contributed by atoms with Crippen LogP contribution in [-0.2, 0) is 9.53 Å². The Balaban J connectivity index is 4.39. The molecule has 0 spiro atoms. The first-order chi connectivity index (χ1) is 7.17. The van der Waals surface area contributed by atoms with E-state index in [1.54, 1.807) is 34.6 Å². The third-order valence-electron chi connectivity index (χ3n) is 1.95. The molecule has 0 aromatic carbocycles. The lowest BCUT2D eigenvalue weighted by atomic mass is 10.2. The van der Waals surface area contributed by atoms with Crippen LogP contribution in [0.15, 0.2) is 0 Å². The van der Waals surface area contributed by atoms with Gasteiger partial charge in [0.1, 0.15) is 5.60 Å². The van der Waals surface area contributed by atoms with Crippen LogP contribution in [0.1, 0.15) is 34.6 Å². The number of carbonyl (C=O) groups is 2. The maximum Gasteiger partial charge on any atom is 0.410 e. The molecule has 0 rings (SSSR count). The van der Waals surface area contributed by atoms with Crippen LogP contribution in [0.5, 0.6) is 0 Å². The summed E-state index contributed by atoms with van der Waals surface area (Å²) in [6, 6.07) is 0. The molecule has 0 saturated heterocycles. The lowest BCUT2D eigenvalue weighted by molar-refractivity contribution is -0.141. The number of aliphatic carboxylic acids is 1. The van der Waals surface area contributed by atoms with E-state index < -0.39 is 23.6 Å². The van der Waals surface area contributed by atoms with Crippen LogP contribution >= 0.6 is 0 Å². The first kappa shape index (κ1) is 14.7. The maximum atomic E-state index is 11.7. The molecule has 94 valence electrons. The summed E-state index contributed by atoms with van der Waals surface area (Å²) in [7, 11) is 0. The van der Waals surface area contributed by atoms with Crippen molar-refractivity contribution in [3.63, 3.8) is 0 Å². The van der Waals surface area contributed by atoms with Crippen molar-refractivity contribution in [1.29, 1.82) is 0 Å². The van der Waals surface area contributed by atoms with Gasteiger partial charge in [-0.05, 0) is 27.7 Å². The SMILES string of the molecule is CCN(CC(C)C(=O)O)C(=O)OC(C)(C)C. The standard InChI is InChI=1S/C11H21NO4/c1-6-12(7-8(2)9(13)14)10(15)16-11(3,4)5/h8H,6-7H2,1-5H3,(H,13,14). The zero-order valence-electron chi connectivity index (χ0n) is 10.6. The van der Waals surface area contributed by atoms with E-state index in [2.05, 4.69) is 0 Å². The monoisotopic (exact) mass is 231 g/mol. The highest BCUT2D eigenvalue weighted by molar-refractivity contribution is 5.72. The summed E-state index contributed by atoms with van der Waals surface area (Å²) < 4.78 is 5.17. The van der Waals surface area contributed by atoms with E-state index in [9.17, 15) is 9.59 Å². The predicted molar refractivity (Wildman–Crippen MR) is 60.3 cm³/mol. The second-order valence-electron chi connectivity index (χ2n) is 4.76. The number of rotatable bonds is 4. The number of hydrogen-bond acceptors (Lipinski definition) is 3. The Kier molecular flexibility index (Phi) is 5.27. The number of carboxylic acids is 1. The van der Waals surface area contributed by atoms with Crippen molar-refractivity contribution in [1.82, 2.24) is 4.90 Å². The minimum Gasteiger partial charge on any atom is -0.481 e. The first-order valence-electron chi connectivity index (χ1n) is 5.38. The van der Waals surface area contributed by atoms with Crippen molar-refractivity contribution in [2.45, 2.75) is 40.2 Å². The minimum atomic E-state index is -0.915. The van der Waals surface area contributed by atoms with E-state index in [1.807, 2.05) is 0 Å². The van der Waals surface area contributed by atoms with Crippen LogP contribution in [0.3, 0.4) is 0 Å². The van der Waals surface area contributed by atoms with Crippen molar-refractivity contribution in [3.05, 3.63) is 0 Å². The largest absolute Gasteiger partial charge is 0.481 e. The maximum absolute atomic E-state index is 11.7. The molecule has 5 heteroatoms. The van der Waals surface area contributed by atoms with Gasteiger partial charge >= 0.3 is 12.1 Å². The van der Waals surface area contributed by atoms with E-state index in [1.165, 1.54) is 4.90 Å². The Bertz CT molecular complexity index is 257. The van der Waals surface area contributed by atoms with E-state index in [0.29, 0.717) is 6.54 Å². The second kappa shape index (κ2) is 5.72. The summed E-state index contributed by atoms with van der Waals surface area (Å²) in [4.78, 5) is 23.7. The summed E-state index contributed by atoms with van der Waals surface area (Å²) in [5.41, 5.74) is -0.559. The lowest BCUT2D eigenvalue weighted by Crippen LogP contribution is -2.40. The van der Waals surface area contributed by atoms with Gasteiger partial charge in [-0.1, -0.05) is 6.92 Å². The topological polar surface area (TPSA) is 66.8 Å². The molecular formula is C11H21NO4. The number of nitrogens with zero attached hydrogens (tertiary/aromatic N) is 1. The summed E-state index contributed by atoms with van der Waals surface area (Å²) in [6.45, 7) is 9.29. The van der Waals surface area contributed by atoms with Gasteiger partial charge in [-0.3, -0.25) is 4.79 Å². The summed E-state index contributed by atoms with van der Waals surface area (Å²) >= 11 is 0. The molecule has 0 bridgehead atoms. The van der Waals surface area contributed by atoms with Gasteiger partial charge < -0.3 is 14.7 Å². The molecule has 0 radical (unpaired) electrons. The lowest BCUT2D eigenvalue weighted by Gasteiger charge is -2.27. The van der Waals surface area contributed by atoms with E-state index in [0.717, 1.165) is 0 Å². The van der Waals surface area contributed by atoms with Crippen molar-refractivity contribution < 1.29 is 19.4 Å². The Morgan fingerprint density at radius 3 is 2.19 bits per heavy atom. The van der Waals surface area contributed by atoms with E-state index in [-0.39, 0.29) is 6.54 Å². The smallest absolute Gasteiger partial charge is 0.410 e. The molecule has 0 aromatic rings. The van der Waals surface area contributed by atoms with Crippen molar-refractivity contribution in [3.8, 4) is 0 Å². The number of carboxylic acid groups (broad SMARTS) is 1. The number of hydrogen-bond donors (Lipinski definition) is 1. The Labute approximate surface area is 96.4 Å². The zero-order chi connectivity index (χ0) is 12.9. The van der Waals surface area contributed by atoms with Crippen LogP contribution < -0.4 is 0 Å². The molecule has 1 atom stereocenters. The van der Waals surface area contributed by atoms with Crippen LogP contribution in [-0.4, -0.2) is 40.8 Å². The fourth-order valence-electron chi connectivity index (χ4n) is 1.07. The Morgan fingerprint density at radius 1 is 1.38 bits per heavy atom. The van der Waals surface area contributed by atoms with Gasteiger partial charge in [-0.25, -0.2) is 4.79 Å². The van der Waals surface area contributed by atoms with Gasteiger partial charge in [-0.2, -0.15) is 0 Å². The van der Waals surface area contributed by atoms with Crippen molar-refractivity contribution >= 4 is 12.1 Å². The number of amides is 1. The molecular weight excluding hydrogens is 210 g/mol. The van der Waals surface area contributed by atoms with E-state index in [4.69, 9.17) is 9.84 Å². The molecule has 0 aliphatic rings. The average Bonchev–Trinajstić information content (AvgIpc) is 2.10. The molecule has 0 saturated carbocycles. The molecule has 0 aliphatic carbocycles. The molecule has 16 heavy (non-hydrogen) atoms. The second-order valence-corrected chi connectivity index (χ2v) is 4.76. The Morgan fingerprint density at radius 2 is 1.88 bits per heavy atom. The summed E-state index contributed by atoms with van der Waals surface area (Å²) in [5.74, 6) is -1.51. The summed E-state index contributed by atoms with van der Waals surface area (Å²) in [6.07, 6.45) is -0.469. The summed E-state index contributed by atoms with van der Waals surface area (Å²) in [5, 5.41) is 8.76. The van der Waals surface area contributed by atoms with Gasteiger partial charge in [0.2, 0.25) is 0 Å². The third kappa shape index (κ3) is 5.58. The molecule has 1 amide bonds. The quantitative estimate of drug-likeness (QED) is 0.803. The molecule has 1 unspecified atom stereocenters. The molecule has 1 N–H and O–H groups in total. The van der Waals surface area contributed by atoms with Crippen molar-refractivity contribution in [2.24, 2.45) is 5.92 Å². The van der Waals surface area contributed by atoms with Gasteiger partial charge in [0.15, 0.2) is 0 Å². The van der Waals surface area contributed by atoms with Gasteiger partial charge in [0, 0.05) is 13.1 Å².